The van der Waals surface area contributed by atoms with Crippen LogP contribution in [0.25, 0.3) is 0 Å². The smallest absolute Gasteiger partial charge is 0.253 e. The predicted octanol–water partition coefficient (Wildman–Crippen LogP) is 2.68. The summed E-state index contributed by atoms with van der Waals surface area (Å²) in [6.45, 7) is 5.22. The summed E-state index contributed by atoms with van der Waals surface area (Å²) in [7, 11) is 0. The Morgan fingerprint density at radius 1 is 1.39 bits per heavy atom. The van der Waals surface area contributed by atoms with Gasteiger partial charge in [-0.2, -0.15) is 0 Å². The predicted molar refractivity (Wildman–Crippen MR) is 74.5 cm³/mol. The maximum Gasteiger partial charge on any atom is 0.253 e. The second-order valence-corrected chi connectivity index (χ2v) is 6.44. The summed E-state index contributed by atoms with van der Waals surface area (Å²) >= 11 is 3.36. The van der Waals surface area contributed by atoms with Crippen LogP contribution in [0.3, 0.4) is 0 Å². The van der Waals surface area contributed by atoms with E-state index in [0.29, 0.717) is 25.1 Å². The molecular formula is C14H18BrNO2. The number of likely N-dealkylation sites (tertiary alicyclic amines) is 1. The van der Waals surface area contributed by atoms with Gasteiger partial charge in [0.15, 0.2) is 0 Å². The third kappa shape index (κ3) is 2.75. The number of rotatable bonds is 1. The number of benzene rings is 1. The molecule has 1 aliphatic rings. The number of aliphatic hydroxyl groups excluding tert-OH is 1. The molecule has 1 fully saturated rings. The number of nitrogens with zero attached hydrogens (tertiary/aromatic N) is 1. The second kappa shape index (κ2) is 5.02. The maximum absolute atomic E-state index is 12.3. The van der Waals surface area contributed by atoms with Crippen molar-refractivity contribution in [2.75, 3.05) is 13.1 Å². The standard InChI is InChI=1S/C14H18BrNO2/c1-14(2)9-16(8-7-12(14)17)13(18)10-3-5-11(15)6-4-10/h3-6,12,17H,7-9H2,1-2H3. The topological polar surface area (TPSA) is 40.5 Å². The summed E-state index contributed by atoms with van der Waals surface area (Å²) in [6.07, 6.45) is 0.321. The molecule has 1 unspecified atom stereocenters. The highest BCUT2D eigenvalue weighted by atomic mass is 79.9. The van der Waals surface area contributed by atoms with Gasteiger partial charge in [0.2, 0.25) is 0 Å². The first-order valence-electron chi connectivity index (χ1n) is 6.13. The molecule has 0 spiro atoms. The highest BCUT2D eigenvalue weighted by Gasteiger charge is 2.36. The zero-order valence-corrected chi connectivity index (χ0v) is 12.3. The van der Waals surface area contributed by atoms with Gasteiger partial charge in [-0.15, -0.1) is 0 Å². The Morgan fingerprint density at radius 2 is 2.00 bits per heavy atom. The number of carbonyl (C=O) groups is 1. The van der Waals surface area contributed by atoms with E-state index in [4.69, 9.17) is 0 Å². The van der Waals surface area contributed by atoms with Crippen LogP contribution in [0, 0.1) is 5.41 Å². The number of aliphatic hydroxyl groups is 1. The van der Waals surface area contributed by atoms with Gasteiger partial charge in [0, 0.05) is 28.5 Å². The van der Waals surface area contributed by atoms with E-state index in [2.05, 4.69) is 15.9 Å². The lowest BCUT2D eigenvalue weighted by Gasteiger charge is -2.41. The Morgan fingerprint density at radius 3 is 2.56 bits per heavy atom. The summed E-state index contributed by atoms with van der Waals surface area (Å²) in [6, 6.07) is 7.39. The van der Waals surface area contributed by atoms with E-state index in [9.17, 15) is 9.90 Å². The van der Waals surface area contributed by atoms with Crippen LogP contribution in [0.1, 0.15) is 30.6 Å². The summed E-state index contributed by atoms with van der Waals surface area (Å²) in [5.74, 6) is 0.0440. The molecule has 0 saturated carbocycles. The second-order valence-electron chi connectivity index (χ2n) is 5.53. The molecule has 1 heterocycles. The molecule has 98 valence electrons. The molecule has 3 nitrogen and oxygen atoms in total. The van der Waals surface area contributed by atoms with Gasteiger partial charge in [0.1, 0.15) is 0 Å². The van der Waals surface area contributed by atoms with Gasteiger partial charge < -0.3 is 10.0 Å². The Hall–Kier alpha value is -0.870. The summed E-state index contributed by atoms with van der Waals surface area (Å²) in [5, 5.41) is 9.90. The van der Waals surface area contributed by atoms with Gasteiger partial charge in [0.05, 0.1) is 6.10 Å². The van der Waals surface area contributed by atoms with Crippen molar-refractivity contribution in [3.63, 3.8) is 0 Å². The number of carbonyl (C=O) groups excluding carboxylic acids is 1. The van der Waals surface area contributed by atoms with E-state index in [1.54, 1.807) is 0 Å². The lowest BCUT2D eigenvalue weighted by atomic mass is 9.81. The number of hydrogen-bond donors (Lipinski definition) is 1. The molecule has 0 aliphatic carbocycles. The van der Waals surface area contributed by atoms with E-state index in [0.717, 1.165) is 4.47 Å². The fraction of sp³-hybridized carbons (Fsp3) is 0.500. The molecular weight excluding hydrogens is 294 g/mol. The van der Waals surface area contributed by atoms with E-state index >= 15 is 0 Å². The van der Waals surface area contributed by atoms with E-state index < -0.39 is 0 Å². The molecule has 0 aromatic heterocycles. The monoisotopic (exact) mass is 311 g/mol. The molecule has 4 heteroatoms. The normalized spacial score (nSPS) is 22.9. The number of amides is 1. The summed E-state index contributed by atoms with van der Waals surface area (Å²) in [4.78, 5) is 14.2. The number of hydrogen-bond acceptors (Lipinski definition) is 2. The van der Waals surface area contributed by atoms with Crippen LogP contribution < -0.4 is 0 Å². The minimum atomic E-state index is -0.327. The zero-order valence-electron chi connectivity index (χ0n) is 10.7. The first-order chi connectivity index (χ1) is 8.40. The molecule has 1 saturated heterocycles. The van der Waals surface area contributed by atoms with Crippen LogP contribution in [0.4, 0.5) is 0 Å². The third-order valence-corrected chi connectivity index (χ3v) is 4.08. The molecule has 1 N–H and O–H groups in total. The van der Waals surface area contributed by atoms with Crippen LogP contribution in [0.2, 0.25) is 0 Å². The Labute approximate surface area is 116 Å². The van der Waals surface area contributed by atoms with Crippen LogP contribution >= 0.6 is 15.9 Å². The Bertz CT molecular complexity index is 442. The zero-order chi connectivity index (χ0) is 13.3. The average Bonchev–Trinajstić information content (AvgIpc) is 2.33. The van der Waals surface area contributed by atoms with Crippen molar-refractivity contribution in [3.05, 3.63) is 34.3 Å². The molecule has 1 aromatic carbocycles. The molecule has 18 heavy (non-hydrogen) atoms. The Kier molecular flexibility index (Phi) is 3.78. The first-order valence-corrected chi connectivity index (χ1v) is 6.92. The molecule has 1 aromatic rings. The van der Waals surface area contributed by atoms with Crippen molar-refractivity contribution in [2.24, 2.45) is 5.41 Å². The number of halogens is 1. The molecule has 0 radical (unpaired) electrons. The van der Waals surface area contributed by atoms with E-state index in [1.807, 2.05) is 43.0 Å². The Balaban J connectivity index is 2.13. The molecule has 2 rings (SSSR count). The summed E-state index contributed by atoms with van der Waals surface area (Å²) in [5.41, 5.74) is 0.467. The van der Waals surface area contributed by atoms with Crippen molar-refractivity contribution in [1.29, 1.82) is 0 Å². The van der Waals surface area contributed by atoms with Gasteiger partial charge in [-0.25, -0.2) is 0 Å². The van der Waals surface area contributed by atoms with E-state index in [-0.39, 0.29) is 17.4 Å². The van der Waals surface area contributed by atoms with Crippen molar-refractivity contribution < 1.29 is 9.90 Å². The molecule has 1 amide bonds. The van der Waals surface area contributed by atoms with Crippen molar-refractivity contribution in [1.82, 2.24) is 4.90 Å². The van der Waals surface area contributed by atoms with E-state index in [1.165, 1.54) is 0 Å². The maximum atomic E-state index is 12.3. The fourth-order valence-corrected chi connectivity index (χ4v) is 2.56. The lowest BCUT2D eigenvalue weighted by Crippen LogP contribution is -2.50. The van der Waals surface area contributed by atoms with Crippen molar-refractivity contribution >= 4 is 21.8 Å². The lowest BCUT2D eigenvalue weighted by molar-refractivity contribution is -0.0182. The average molecular weight is 312 g/mol. The third-order valence-electron chi connectivity index (χ3n) is 3.55. The number of piperidine rings is 1. The van der Waals surface area contributed by atoms with Crippen LogP contribution in [0.5, 0.6) is 0 Å². The van der Waals surface area contributed by atoms with Crippen LogP contribution in [-0.4, -0.2) is 35.1 Å². The van der Waals surface area contributed by atoms with Gasteiger partial charge >= 0.3 is 0 Å². The minimum absolute atomic E-state index is 0.0440. The largest absolute Gasteiger partial charge is 0.392 e. The summed E-state index contributed by atoms with van der Waals surface area (Å²) < 4.78 is 0.966. The molecule has 1 atom stereocenters. The highest BCUT2D eigenvalue weighted by molar-refractivity contribution is 9.10. The van der Waals surface area contributed by atoms with Crippen LogP contribution in [-0.2, 0) is 0 Å². The minimum Gasteiger partial charge on any atom is -0.392 e. The quantitative estimate of drug-likeness (QED) is 0.866. The van der Waals surface area contributed by atoms with Gasteiger partial charge in [-0.3, -0.25) is 4.79 Å². The van der Waals surface area contributed by atoms with Crippen molar-refractivity contribution in [2.45, 2.75) is 26.4 Å². The molecule has 0 bridgehead atoms. The first kappa shape index (κ1) is 13.6. The molecule has 1 aliphatic heterocycles. The SMILES string of the molecule is CC1(C)CN(C(=O)c2ccc(Br)cc2)CCC1O. The fourth-order valence-electron chi connectivity index (χ4n) is 2.29. The van der Waals surface area contributed by atoms with Crippen molar-refractivity contribution in [3.8, 4) is 0 Å². The van der Waals surface area contributed by atoms with Gasteiger partial charge in [-0.05, 0) is 30.7 Å². The highest BCUT2D eigenvalue weighted by Crippen LogP contribution is 2.29. The van der Waals surface area contributed by atoms with Gasteiger partial charge in [-0.1, -0.05) is 29.8 Å². The van der Waals surface area contributed by atoms with Gasteiger partial charge in [0.25, 0.3) is 5.91 Å². The van der Waals surface area contributed by atoms with Crippen LogP contribution in [0.15, 0.2) is 28.7 Å².